The summed E-state index contributed by atoms with van der Waals surface area (Å²) in [5, 5.41) is 5.88. The average Bonchev–Trinajstić information content (AvgIpc) is 3.30. The van der Waals surface area contributed by atoms with Gasteiger partial charge in [-0.3, -0.25) is 4.79 Å². The van der Waals surface area contributed by atoms with Crippen molar-refractivity contribution in [1.82, 2.24) is 11.1 Å². The number of para-hydroxylation sites is 1. The summed E-state index contributed by atoms with van der Waals surface area (Å²) in [6.07, 6.45) is 3.61. The molecule has 1 aliphatic heterocycles. The molecule has 7 nitrogen and oxygen atoms in total. The van der Waals surface area contributed by atoms with E-state index in [0.717, 1.165) is 48.3 Å². The number of anilines is 1. The molecule has 0 unspecified atom stereocenters. The Morgan fingerprint density at radius 2 is 1.70 bits per heavy atom. The minimum Gasteiger partial charge on any atom is -0.299 e. The smallest absolute Gasteiger partial charge is 0.177 e. The molecule has 0 radical (unpaired) electrons. The number of rotatable bonds is 8. The van der Waals surface area contributed by atoms with Crippen molar-refractivity contribution in [3.63, 3.8) is 0 Å². The normalized spacial score (nSPS) is 21.1. The summed E-state index contributed by atoms with van der Waals surface area (Å²) in [5.74, 6) is 1.47. The van der Waals surface area contributed by atoms with Crippen molar-refractivity contribution in [3.8, 4) is 0 Å². The molecule has 2 aliphatic rings. The molecule has 1 fully saturated rings. The van der Waals surface area contributed by atoms with Gasteiger partial charge in [0.15, 0.2) is 15.7 Å². The van der Waals surface area contributed by atoms with Gasteiger partial charge in [0.25, 0.3) is 0 Å². The molecule has 0 spiro atoms. The highest BCUT2D eigenvalue weighted by Crippen LogP contribution is 2.31. The lowest BCUT2D eigenvalue weighted by molar-refractivity contribution is -0.123. The minimum atomic E-state index is -3.02. The number of hydrazone groups is 1. The van der Waals surface area contributed by atoms with Crippen LogP contribution in [0.3, 0.4) is 0 Å². The maximum atomic E-state index is 12.9. The van der Waals surface area contributed by atoms with Crippen LogP contribution in [0.25, 0.3) is 0 Å². The van der Waals surface area contributed by atoms with Crippen LogP contribution in [0.4, 0.5) is 5.69 Å². The van der Waals surface area contributed by atoms with Crippen LogP contribution in [0.2, 0.25) is 0 Å². The topological polar surface area (TPSA) is 90.9 Å². The molecule has 1 aliphatic carbocycles. The Labute approximate surface area is 196 Å². The van der Waals surface area contributed by atoms with Crippen molar-refractivity contribution in [3.05, 3.63) is 65.7 Å². The second-order valence-corrected chi connectivity index (χ2v) is 11.9. The van der Waals surface area contributed by atoms with Crippen molar-refractivity contribution < 1.29 is 13.2 Å². The molecule has 176 valence electrons. The number of hydrogen-bond acceptors (Lipinski definition) is 7. The van der Waals surface area contributed by atoms with Crippen molar-refractivity contribution in [2.24, 2.45) is 16.9 Å². The zero-order valence-corrected chi connectivity index (χ0v) is 20.0. The van der Waals surface area contributed by atoms with E-state index in [1.54, 1.807) is 13.8 Å². The van der Waals surface area contributed by atoms with Gasteiger partial charge in [0, 0.05) is 17.9 Å². The fourth-order valence-corrected chi connectivity index (χ4v) is 5.85. The summed E-state index contributed by atoms with van der Waals surface area (Å²) in [7, 11) is -3.02. The zero-order chi connectivity index (χ0) is 23.4. The van der Waals surface area contributed by atoms with E-state index >= 15 is 0 Å². The lowest BCUT2D eigenvalue weighted by Crippen LogP contribution is -2.41. The first-order valence-corrected chi connectivity index (χ1v) is 13.3. The van der Waals surface area contributed by atoms with Gasteiger partial charge in [-0.25, -0.2) is 19.0 Å². The number of Topliss-reactive ketones (excluding diaryl/α,β-unsaturated/α-hetero) is 1. The number of nitrogens with one attached hydrogen (secondary N) is 2. The van der Waals surface area contributed by atoms with Crippen LogP contribution in [0.5, 0.6) is 0 Å². The Morgan fingerprint density at radius 3 is 2.33 bits per heavy atom. The summed E-state index contributed by atoms with van der Waals surface area (Å²) in [4.78, 5) is 12.9. The fourth-order valence-electron chi connectivity index (χ4n) is 4.48. The molecule has 2 aromatic carbocycles. The lowest BCUT2D eigenvalue weighted by Gasteiger charge is -2.28. The van der Waals surface area contributed by atoms with Crippen molar-refractivity contribution in [1.29, 1.82) is 0 Å². The molecule has 1 heterocycles. The molecule has 2 N–H and O–H groups in total. The molecule has 0 atom stereocenters. The quantitative estimate of drug-likeness (QED) is 0.615. The number of amidine groups is 1. The number of sulfone groups is 1. The van der Waals surface area contributed by atoms with E-state index in [9.17, 15) is 13.2 Å². The summed E-state index contributed by atoms with van der Waals surface area (Å²) >= 11 is 0. The van der Waals surface area contributed by atoms with E-state index in [2.05, 4.69) is 16.2 Å². The molecular formula is C25H32N4O3S. The van der Waals surface area contributed by atoms with E-state index < -0.39 is 9.84 Å². The highest BCUT2D eigenvalue weighted by atomic mass is 32.2. The van der Waals surface area contributed by atoms with Crippen LogP contribution < -0.4 is 16.1 Å². The Kier molecular flexibility index (Phi) is 7.14. The van der Waals surface area contributed by atoms with Gasteiger partial charge < -0.3 is 0 Å². The van der Waals surface area contributed by atoms with E-state index in [-0.39, 0.29) is 28.6 Å². The van der Waals surface area contributed by atoms with Crippen LogP contribution >= 0.6 is 0 Å². The first kappa shape index (κ1) is 23.4. The molecule has 4 rings (SSSR count). The van der Waals surface area contributed by atoms with Crippen LogP contribution in [0.15, 0.2) is 59.7 Å². The van der Waals surface area contributed by atoms with Crippen molar-refractivity contribution >= 4 is 27.1 Å². The summed E-state index contributed by atoms with van der Waals surface area (Å²) in [6.45, 7) is 3.47. The molecule has 1 saturated carbocycles. The van der Waals surface area contributed by atoms with E-state index in [1.807, 2.05) is 59.6 Å². The van der Waals surface area contributed by atoms with E-state index in [1.165, 1.54) is 0 Å². The molecule has 0 saturated heterocycles. The third-order valence-electron chi connectivity index (χ3n) is 6.63. The zero-order valence-electron chi connectivity index (χ0n) is 19.2. The largest absolute Gasteiger partial charge is 0.299 e. The minimum absolute atomic E-state index is 0.0314. The third-order valence-corrected chi connectivity index (χ3v) is 9.00. The first-order valence-electron chi connectivity index (χ1n) is 11.6. The molecule has 0 aromatic heterocycles. The average molecular weight is 469 g/mol. The second kappa shape index (κ2) is 10.1. The van der Waals surface area contributed by atoms with E-state index in [4.69, 9.17) is 0 Å². The highest BCUT2D eigenvalue weighted by Gasteiger charge is 2.30. The van der Waals surface area contributed by atoms with Crippen molar-refractivity contribution in [2.75, 3.05) is 10.8 Å². The van der Waals surface area contributed by atoms with Crippen LogP contribution in [-0.2, 0) is 21.1 Å². The van der Waals surface area contributed by atoms with Gasteiger partial charge in [-0.05, 0) is 63.1 Å². The Balaban J connectivity index is 1.32. The fraction of sp³-hybridized carbons (Fsp3) is 0.440. The molecule has 0 bridgehead atoms. The SMILES string of the molecule is CC(C)S(=O)(=O)CC1CCC(C(=O)Cc2ccc(C3=NNNN3c3ccccc3)cc2)CC1. The highest BCUT2D eigenvalue weighted by molar-refractivity contribution is 7.91. The van der Waals surface area contributed by atoms with Gasteiger partial charge >= 0.3 is 0 Å². The molecular weight excluding hydrogens is 436 g/mol. The van der Waals surface area contributed by atoms with E-state index in [0.29, 0.717) is 6.42 Å². The summed E-state index contributed by atoms with van der Waals surface area (Å²) in [5.41, 5.74) is 8.73. The second-order valence-electron chi connectivity index (χ2n) is 9.27. The molecule has 2 aromatic rings. The predicted molar refractivity (Wildman–Crippen MR) is 131 cm³/mol. The van der Waals surface area contributed by atoms with Crippen LogP contribution in [0.1, 0.15) is 50.7 Å². The standard InChI is InChI=1S/C25H32N4O3S/c1-18(2)33(31,32)17-20-10-12-21(13-11-20)24(30)16-19-8-14-22(15-9-19)25-26-27-28-29(25)23-6-4-3-5-7-23/h3-9,14-15,18,20-21,27-28H,10-13,16-17H2,1-2H3. The predicted octanol–water partition coefficient (Wildman–Crippen LogP) is 3.62. The van der Waals surface area contributed by atoms with Gasteiger partial charge in [-0.2, -0.15) is 0 Å². The number of nitrogens with zero attached hydrogens (tertiary/aromatic N) is 2. The Hall–Kier alpha value is -2.71. The third kappa shape index (κ3) is 5.62. The maximum absolute atomic E-state index is 12.9. The Morgan fingerprint density at radius 1 is 1.03 bits per heavy atom. The van der Waals surface area contributed by atoms with Gasteiger partial charge in [-0.15, -0.1) is 10.6 Å². The number of hydrazine groups is 2. The maximum Gasteiger partial charge on any atom is 0.177 e. The van der Waals surface area contributed by atoms with Crippen molar-refractivity contribution in [2.45, 2.75) is 51.2 Å². The number of carbonyl (C=O) groups is 1. The van der Waals surface area contributed by atoms with Gasteiger partial charge in [0.05, 0.1) is 16.7 Å². The molecule has 8 heteroatoms. The number of benzene rings is 2. The van der Waals surface area contributed by atoms with Gasteiger partial charge in [0.1, 0.15) is 5.78 Å². The summed E-state index contributed by atoms with van der Waals surface area (Å²) < 4.78 is 24.4. The number of ketones is 1. The number of hydrogen-bond donors (Lipinski definition) is 2. The number of carbonyl (C=O) groups excluding carboxylic acids is 1. The van der Waals surface area contributed by atoms with Gasteiger partial charge in [-0.1, -0.05) is 42.5 Å². The summed E-state index contributed by atoms with van der Waals surface area (Å²) in [6, 6.07) is 17.8. The van der Waals surface area contributed by atoms with Gasteiger partial charge in [0.2, 0.25) is 0 Å². The molecule has 0 amide bonds. The van der Waals surface area contributed by atoms with Crippen LogP contribution in [0, 0.1) is 11.8 Å². The lowest BCUT2D eigenvalue weighted by atomic mass is 9.79. The Bertz CT molecular complexity index is 1090. The first-order chi connectivity index (χ1) is 15.8. The van der Waals surface area contributed by atoms with Crippen LogP contribution in [-0.4, -0.2) is 31.0 Å². The molecule has 33 heavy (non-hydrogen) atoms. The monoisotopic (exact) mass is 468 g/mol.